The van der Waals surface area contributed by atoms with Gasteiger partial charge < -0.3 is 10.6 Å². The van der Waals surface area contributed by atoms with Crippen LogP contribution in [0.5, 0.6) is 0 Å². The quantitative estimate of drug-likeness (QED) is 0.683. The van der Waals surface area contributed by atoms with Crippen LogP contribution in [0.1, 0.15) is 19.3 Å². The first-order valence-corrected chi connectivity index (χ1v) is 3.86. The first kappa shape index (κ1) is 11.5. The van der Waals surface area contributed by atoms with E-state index in [4.69, 9.17) is 5.73 Å². The summed E-state index contributed by atoms with van der Waals surface area (Å²) < 4.78 is 0. The number of nitrogens with two attached hydrogens (primary N) is 1. The van der Waals surface area contributed by atoms with Gasteiger partial charge in [-0.15, -0.1) is 24.8 Å². The fourth-order valence-electron chi connectivity index (χ4n) is 1.63. The molecule has 0 radical (unpaired) electrons. The normalized spacial score (nSPS) is 35.7. The van der Waals surface area contributed by atoms with Crippen molar-refractivity contribution in [1.29, 1.82) is 0 Å². The first-order chi connectivity index (χ1) is 4.36. The van der Waals surface area contributed by atoms with Crippen LogP contribution < -0.4 is 5.73 Å². The lowest BCUT2D eigenvalue weighted by Crippen LogP contribution is -2.55. The summed E-state index contributed by atoms with van der Waals surface area (Å²) in [5.74, 6) is 0. The fourth-order valence-corrected chi connectivity index (χ4v) is 1.63. The molecule has 2 fully saturated rings. The number of hydrogen-bond acceptors (Lipinski definition) is 2. The molecule has 0 aromatic carbocycles. The van der Waals surface area contributed by atoms with E-state index in [2.05, 4.69) is 4.90 Å². The van der Waals surface area contributed by atoms with Crippen LogP contribution >= 0.6 is 24.8 Å². The van der Waals surface area contributed by atoms with Crippen molar-refractivity contribution in [1.82, 2.24) is 4.90 Å². The van der Waals surface area contributed by atoms with Gasteiger partial charge in [0, 0.05) is 12.1 Å². The minimum atomic E-state index is 0. The van der Waals surface area contributed by atoms with Gasteiger partial charge in [-0.2, -0.15) is 0 Å². The summed E-state index contributed by atoms with van der Waals surface area (Å²) in [6.07, 6.45) is 3.91. The van der Waals surface area contributed by atoms with Crippen molar-refractivity contribution < 1.29 is 0 Å². The molecule has 1 saturated carbocycles. The third-order valence-electron chi connectivity index (χ3n) is 2.56. The molecule has 2 nitrogen and oxygen atoms in total. The van der Waals surface area contributed by atoms with Crippen LogP contribution in [0.4, 0.5) is 0 Å². The minimum Gasteiger partial charge on any atom is -0.328 e. The Labute approximate surface area is 80.3 Å². The van der Waals surface area contributed by atoms with Crippen LogP contribution in [0.2, 0.25) is 0 Å². The Morgan fingerprint density at radius 3 is 1.91 bits per heavy atom. The van der Waals surface area contributed by atoms with Crippen molar-refractivity contribution in [2.24, 2.45) is 5.73 Å². The average molecular weight is 199 g/mol. The molecule has 4 heteroatoms. The summed E-state index contributed by atoms with van der Waals surface area (Å²) in [6.45, 7) is 2.66. The van der Waals surface area contributed by atoms with E-state index in [1.807, 2.05) is 0 Å². The summed E-state index contributed by atoms with van der Waals surface area (Å²) in [6, 6.07) is 1.39. The molecule has 0 aromatic rings. The van der Waals surface area contributed by atoms with Gasteiger partial charge >= 0.3 is 0 Å². The highest BCUT2D eigenvalue weighted by molar-refractivity contribution is 5.85. The Bertz CT molecular complexity index is 111. The van der Waals surface area contributed by atoms with Gasteiger partial charge in [0.1, 0.15) is 0 Å². The van der Waals surface area contributed by atoms with Gasteiger partial charge in [-0.25, -0.2) is 0 Å². The number of hydrogen-bond donors (Lipinski definition) is 1. The maximum atomic E-state index is 5.66. The van der Waals surface area contributed by atoms with E-state index < -0.39 is 0 Å². The highest BCUT2D eigenvalue weighted by Gasteiger charge is 2.33. The van der Waals surface area contributed by atoms with Crippen molar-refractivity contribution >= 4 is 24.8 Å². The Hall–Kier alpha value is 0.500. The maximum Gasteiger partial charge on any atom is 0.0125 e. The Kier molecular flexibility index (Phi) is 4.71. The molecule has 0 aromatic heterocycles. The first-order valence-electron chi connectivity index (χ1n) is 3.86. The number of nitrogens with zero attached hydrogens (tertiary/aromatic N) is 1. The smallest absolute Gasteiger partial charge is 0.0125 e. The molecule has 0 bridgehead atoms. The molecule has 0 spiro atoms. The zero-order valence-electron chi connectivity index (χ0n) is 6.53. The molecule has 1 aliphatic heterocycles. The highest BCUT2D eigenvalue weighted by Crippen LogP contribution is 2.27. The molecule has 2 aliphatic rings. The van der Waals surface area contributed by atoms with E-state index in [1.54, 1.807) is 0 Å². The molecule has 1 saturated heterocycles. The van der Waals surface area contributed by atoms with Gasteiger partial charge in [0.25, 0.3) is 0 Å². The van der Waals surface area contributed by atoms with E-state index >= 15 is 0 Å². The molecule has 2 rings (SSSR count). The van der Waals surface area contributed by atoms with Crippen molar-refractivity contribution in [3.8, 4) is 0 Å². The minimum absolute atomic E-state index is 0. The Balaban J connectivity index is 0.000000500. The molecule has 1 aliphatic carbocycles. The molecule has 11 heavy (non-hydrogen) atoms. The van der Waals surface area contributed by atoms with E-state index in [9.17, 15) is 0 Å². The molecule has 68 valence electrons. The van der Waals surface area contributed by atoms with Crippen molar-refractivity contribution in [2.75, 3.05) is 13.1 Å². The second kappa shape index (κ2) is 4.51. The molecule has 1 heterocycles. The van der Waals surface area contributed by atoms with E-state index in [-0.39, 0.29) is 24.8 Å². The number of likely N-dealkylation sites (tertiary alicyclic amines) is 1. The molecule has 0 amide bonds. The van der Waals surface area contributed by atoms with Crippen molar-refractivity contribution in [3.63, 3.8) is 0 Å². The lowest BCUT2D eigenvalue weighted by Gasteiger charge is -2.46. The lowest BCUT2D eigenvalue weighted by atomic mass is 9.85. The van der Waals surface area contributed by atoms with Crippen LogP contribution in [0.15, 0.2) is 0 Å². The second-order valence-electron chi connectivity index (χ2n) is 3.27. The molecular weight excluding hydrogens is 183 g/mol. The highest BCUT2D eigenvalue weighted by atomic mass is 35.5. The van der Waals surface area contributed by atoms with Gasteiger partial charge in [-0.3, -0.25) is 0 Å². The van der Waals surface area contributed by atoms with Crippen molar-refractivity contribution in [3.05, 3.63) is 0 Å². The zero-order valence-corrected chi connectivity index (χ0v) is 8.16. The SMILES string of the molecule is Cl.Cl.NC1CC(N2CCC2)C1. The third kappa shape index (κ3) is 2.22. The van der Waals surface area contributed by atoms with Crippen LogP contribution in [-0.2, 0) is 0 Å². The van der Waals surface area contributed by atoms with E-state index in [0.717, 1.165) is 6.04 Å². The number of rotatable bonds is 1. The van der Waals surface area contributed by atoms with E-state index in [1.165, 1.54) is 32.4 Å². The molecular formula is C7H16Cl2N2. The standard InChI is InChI=1S/C7H14N2.2ClH/c8-6-4-7(5-6)9-2-1-3-9;;/h6-7H,1-5,8H2;2*1H. The Morgan fingerprint density at radius 1 is 1.09 bits per heavy atom. The van der Waals surface area contributed by atoms with Gasteiger partial charge in [-0.1, -0.05) is 0 Å². The second-order valence-corrected chi connectivity index (χ2v) is 3.27. The predicted molar refractivity (Wildman–Crippen MR) is 51.7 cm³/mol. The molecule has 0 unspecified atom stereocenters. The Morgan fingerprint density at radius 2 is 1.64 bits per heavy atom. The van der Waals surface area contributed by atoms with E-state index in [0.29, 0.717) is 6.04 Å². The largest absolute Gasteiger partial charge is 0.328 e. The topological polar surface area (TPSA) is 29.3 Å². The summed E-state index contributed by atoms with van der Waals surface area (Å²) in [7, 11) is 0. The molecule has 0 atom stereocenters. The summed E-state index contributed by atoms with van der Waals surface area (Å²) in [4.78, 5) is 2.54. The van der Waals surface area contributed by atoms with Gasteiger partial charge in [-0.05, 0) is 32.4 Å². The van der Waals surface area contributed by atoms with Gasteiger partial charge in [0.15, 0.2) is 0 Å². The average Bonchev–Trinajstić information content (AvgIpc) is 1.57. The maximum absolute atomic E-state index is 5.66. The van der Waals surface area contributed by atoms with Crippen LogP contribution in [0.3, 0.4) is 0 Å². The van der Waals surface area contributed by atoms with Gasteiger partial charge in [0.2, 0.25) is 0 Å². The van der Waals surface area contributed by atoms with Crippen LogP contribution in [0.25, 0.3) is 0 Å². The van der Waals surface area contributed by atoms with Gasteiger partial charge in [0.05, 0.1) is 0 Å². The predicted octanol–water partition coefficient (Wildman–Crippen LogP) is 1.03. The summed E-state index contributed by atoms with van der Waals surface area (Å²) >= 11 is 0. The number of halogens is 2. The third-order valence-corrected chi connectivity index (χ3v) is 2.56. The summed E-state index contributed by atoms with van der Waals surface area (Å²) in [5.41, 5.74) is 5.66. The monoisotopic (exact) mass is 198 g/mol. The van der Waals surface area contributed by atoms with Crippen molar-refractivity contribution in [2.45, 2.75) is 31.3 Å². The fraction of sp³-hybridized carbons (Fsp3) is 1.00. The summed E-state index contributed by atoms with van der Waals surface area (Å²) in [5, 5.41) is 0. The van der Waals surface area contributed by atoms with Crippen LogP contribution in [-0.4, -0.2) is 30.1 Å². The van der Waals surface area contributed by atoms with Crippen LogP contribution in [0, 0.1) is 0 Å². The zero-order chi connectivity index (χ0) is 6.27. The molecule has 2 N–H and O–H groups in total. The lowest BCUT2D eigenvalue weighted by molar-refractivity contribution is 0.0558.